The van der Waals surface area contributed by atoms with Crippen LogP contribution in [0.1, 0.15) is 0 Å². The summed E-state index contributed by atoms with van der Waals surface area (Å²) in [5, 5.41) is 8.52. The number of ether oxygens (including phenoxy) is 1. The van der Waals surface area contributed by atoms with Gasteiger partial charge < -0.3 is 19.6 Å². The molecule has 1 aliphatic heterocycles. The second-order valence-electron chi connectivity index (χ2n) is 4.69. The third-order valence-corrected chi connectivity index (χ3v) is 3.38. The lowest BCUT2D eigenvalue weighted by molar-refractivity contribution is -0.132. The molecule has 0 unspecified atom stereocenters. The van der Waals surface area contributed by atoms with Gasteiger partial charge in [-0.25, -0.2) is 4.79 Å². The Labute approximate surface area is 123 Å². The number of rotatable bonds is 4. The number of methoxy groups -OCH3 is 1. The Balaban J connectivity index is 1.93. The Morgan fingerprint density at radius 1 is 1.19 bits per heavy atom. The first-order chi connectivity index (χ1) is 10.1. The minimum absolute atomic E-state index is 0.261. The lowest BCUT2D eigenvalue weighted by Crippen LogP contribution is -2.48. The van der Waals surface area contributed by atoms with Gasteiger partial charge >= 0.3 is 5.97 Å². The van der Waals surface area contributed by atoms with Crippen LogP contribution in [0.15, 0.2) is 36.4 Å². The molecule has 2 rings (SSSR count). The number of carboxylic acids is 1. The summed E-state index contributed by atoms with van der Waals surface area (Å²) in [6, 6.07) is 7.79. The molecule has 0 spiro atoms. The van der Waals surface area contributed by atoms with Crippen LogP contribution in [0.5, 0.6) is 5.75 Å². The molecule has 1 fully saturated rings. The van der Waals surface area contributed by atoms with E-state index in [1.54, 1.807) is 12.0 Å². The van der Waals surface area contributed by atoms with Gasteiger partial charge in [-0.1, -0.05) is 6.07 Å². The maximum atomic E-state index is 11.8. The molecule has 1 aliphatic rings. The molecule has 1 aromatic rings. The fraction of sp³-hybridized carbons (Fsp3) is 0.333. The molecule has 0 atom stereocenters. The number of benzene rings is 1. The molecule has 0 radical (unpaired) electrons. The molecule has 0 bridgehead atoms. The fourth-order valence-corrected chi connectivity index (χ4v) is 2.24. The van der Waals surface area contributed by atoms with E-state index in [2.05, 4.69) is 4.90 Å². The van der Waals surface area contributed by atoms with Gasteiger partial charge in [-0.15, -0.1) is 0 Å². The van der Waals surface area contributed by atoms with E-state index in [9.17, 15) is 9.59 Å². The van der Waals surface area contributed by atoms with Gasteiger partial charge in [-0.3, -0.25) is 4.79 Å². The highest BCUT2D eigenvalue weighted by molar-refractivity contribution is 5.94. The monoisotopic (exact) mass is 290 g/mol. The second-order valence-corrected chi connectivity index (χ2v) is 4.69. The lowest BCUT2D eigenvalue weighted by atomic mass is 10.2. The zero-order valence-electron chi connectivity index (χ0n) is 11.9. The number of hydrogen-bond donors (Lipinski definition) is 1. The molecule has 21 heavy (non-hydrogen) atoms. The van der Waals surface area contributed by atoms with Gasteiger partial charge in [0.25, 0.3) is 0 Å². The van der Waals surface area contributed by atoms with Crippen LogP contribution in [0.25, 0.3) is 0 Å². The molecule has 6 nitrogen and oxygen atoms in total. The third-order valence-electron chi connectivity index (χ3n) is 3.38. The number of piperazine rings is 1. The van der Waals surface area contributed by atoms with E-state index in [1.807, 2.05) is 24.3 Å². The number of aliphatic carboxylic acids is 1. The van der Waals surface area contributed by atoms with Crippen LogP contribution < -0.4 is 9.64 Å². The van der Waals surface area contributed by atoms with Crippen LogP contribution in [0.2, 0.25) is 0 Å². The molecular weight excluding hydrogens is 272 g/mol. The van der Waals surface area contributed by atoms with Crippen LogP contribution >= 0.6 is 0 Å². The number of hydrogen-bond acceptors (Lipinski definition) is 4. The third kappa shape index (κ3) is 3.98. The quantitative estimate of drug-likeness (QED) is 0.837. The van der Waals surface area contributed by atoms with E-state index in [0.29, 0.717) is 26.2 Å². The van der Waals surface area contributed by atoms with Gasteiger partial charge in [-0.05, 0) is 12.1 Å². The summed E-state index contributed by atoms with van der Waals surface area (Å²) in [7, 11) is 1.63. The van der Waals surface area contributed by atoms with Crippen LogP contribution in [0.3, 0.4) is 0 Å². The summed E-state index contributed by atoms with van der Waals surface area (Å²) >= 11 is 0. The fourth-order valence-electron chi connectivity index (χ4n) is 2.24. The average Bonchev–Trinajstić information content (AvgIpc) is 2.52. The first-order valence-electron chi connectivity index (χ1n) is 6.69. The number of nitrogens with zero attached hydrogens (tertiary/aromatic N) is 2. The van der Waals surface area contributed by atoms with Crippen molar-refractivity contribution >= 4 is 17.6 Å². The normalized spacial score (nSPS) is 15.3. The standard InChI is InChI=1S/C15H18N2O4/c1-21-13-4-2-3-12(11-13)16-7-9-17(10-8-16)14(18)5-6-15(19)20/h2-6,11H,7-10H2,1H3,(H,19,20)/b6-5+. The number of anilines is 1. The summed E-state index contributed by atoms with van der Waals surface area (Å²) in [4.78, 5) is 26.0. The van der Waals surface area contributed by atoms with Crippen LogP contribution in [-0.4, -0.2) is 55.2 Å². The van der Waals surface area contributed by atoms with Crippen molar-refractivity contribution in [2.45, 2.75) is 0 Å². The predicted octanol–water partition coefficient (Wildman–Crippen LogP) is 0.985. The molecule has 112 valence electrons. The number of carboxylic acid groups (broad SMARTS) is 1. The molecule has 0 aliphatic carbocycles. The van der Waals surface area contributed by atoms with Crippen molar-refractivity contribution in [3.8, 4) is 5.75 Å². The zero-order chi connectivity index (χ0) is 15.2. The van der Waals surface area contributed by atoms with Crippen LogP contribution in [0, 0.1) is 0 Å². The van der Waals surface area contributed by atoms with Gasteiger partial charge in [0.2, 0.25) is 5.91 Å². The zero-order valence-corrected chi connectivity index (χ0v) is 11.9. The van der Waals surface area contributed by atoms with E-state index in [-0.39, 0.29) is 5.91 Å². The summed E-state index contributed by atoms with van der Waals surface area (Å²) in [6.45, 7) is 2.56. The van der Waals surface area contributed by atoms with E-state index < -0.39 is 5.97 Å². The molecule has 1 N–H and O–H groups in total. The highest BCUT2D eigenvalue weighted by Crippen LogP contribution is 2.22. The average molecular weight is 290 g/mol. The minimum atomic E-state index is -1.11. The predicted molar refractivity (Wildman–Crippen MR) is 78.6 cm³/mol. The molecule has 1 saturated heterocycles. The maximum absolute atomic E-state index is 11.8. The van der Waals surface area contributed by atoms with Gasteiger partial charge in [0, 0.05) is 50.1 Å². The highest BCUT2D eigenvalue weighted by atomic mass is 16.5. The second kappa shape index (κ2) is 6.78. The molecule has 0 saturated carbocycles. The summed E-state index contributed by atoms with van der Waals surface area (Å²) in [6.07, 6.45) is 1.97. The van der Waals surface area contributed by atoms with Gasteiger partial charge in [-0.2, -0.15) is 0 Å². The van der Waals surface area contributed by atoms with Crippen LogP contribution in [-0.2, 0) is 9.59 Å². The Bertz CT molecular complexity index is 548. The molecule has 1 aromatic carbocycles. The number of carbonyl (C=O) groups excluding carboxylic acids is 1. The van der Waals surface area contributed by atoms with Gasteiger partial charge in [0.15, 0.2) is 0 Å². The van der Waals surface area contributed by atoms with E-state index in [0.717, 1.165) is 23.6 Å². The maximum Gasteiger partial charge on any atom is 0.328 e. The van der Waals surface area contributed by atoms with E-state index in [1.165, 1.54) is 0 Å². The van der Waals surface area contributed by atoms with E-state index in [4.69, 9.17) is 9.84 Å². The van der Waals surface area contributed by atoms with Crippen molar-refractivity contribution in [3.63, 3.8) is 0 Å². The van der Waals surface area contributed by atoms with Crippen molar-refractivity contribution in [1.29, 1.82) is 0 Å². The molecule has 0 aromatic heterocycles. The van der Waals surface area contributed by atoms with Crippen molar-refractivity contribution in [1.82, 2.24) is 4.90 Å². The summed E-state index contributed by atoms with van der Waals surface area (Å²) in [5.41, 5.74) is 1.06. The highest BCUT2D eigenvalue weighted by Gasteiger charge is 2.20. The van der Waals surface area contributed by atoms with Gasteiger partial charge in [0.1, 0.15) is 5.75 Å². The molecular formula is C15H18N2O4. The topological polar surface area (TPSA) is 70.1 Å². The van der Waals surface area contributed by atoms with Crippen molar-refractivity contribution in [2.75, 3.05) is 38.2 Å². The van der Waals surface area contributed by atoms with E-state index >= 15 is 0 Å². The van der Waals surface area contributed by atoms with Crippen molar-refractivity contribution in [3.05, 3.63) is 36.4 Å². The Hall–Kier alpha value is -2.50. The number of amides is 1. The SMILES string of the molecule is COc1cccc(N2CCN(C(=O)/C=C/C(=O)O)CC2)c1. The first kappa shape index (κ1) is 14.9. The minimum Gasteiger partial charge on any atom is -0.497 e. The molecule has 1 heterocycles. The molecule has 1 amide bonds. The number of carbonyl (C=O) groups is 2. The Morgan fingerprint density at radius 2 is 1.90 bits per heavy atom. The van der Waals surface area contributed by atoms with Crippen LogP contribution in [0.4, 0.5) is 5.69 Å². The largest absolute Gasteiger partial charge is 0.497 e. The van der Waals surface area contributed by atoms with Gasteiger partial charge in [0.05, 0.1) is 7.11 Å². The molecule has 6 heteroatoms. The smallest absolute Gasteiger partial charge is 0.328 e. The first-order valence-corrected chi connectivity index (χ1v) is 6.69. The Kier molecular flexibility index (Phi) is 4.81. The summed E-state index contributed by atoms with van der Waals surface area (Å²) < 4.78 is 5.20. The summed E-state index contributed by atoms with van der Waals surface area (Å²) in [5.74, 6) is -0.573. The van der Waals surface area contributed by atoms with Crippen molar-refractivity contribution < 1.29 is 19.4 Å². The Morgan fingerprint density at radius 3 is 2.52 bits per heavy atom. The van der Waals surface area contributed by atoms with Crippen molar-refractivity contribution in [2.24, 2.45) is 0 Å². The lowest BCUT2D eigenvalue weighted by Gasteiger charge is -2.35.